The van der Waals surface area contributed by atoms with Gasteiger partial charge in [0.25, 0.3) is 17.2 Å². The molecule has 0 radical (unpaired) electrons. The number of hydrogen-bond donors (Lipinski definition) is 2. The second-order valence-electron chi connectivity index (χ2n) is 2.47. The fourth-order valence-corrected chi connectivity index (χ4v) is 0.800. The van der Waals surface area contributed by atoms with E-state index in [2.05, 4.69) is 10.9 Å². The fraction of sp³-hybridized carbons (Fsp3) is 0. The Hall–Kier alpha value is -2.62. The highest BCUT2D eigenvalue weighted by molar-refractivity contribution is 5.92. The van der Waals surface area contributed by atoms with Gasteiger partial charge in [-0.2, -0.15) is 0 Å². The number of carbonyl (C=O) groups excluding carboxylic acids is 1. The summed E-state index contributed by atoms with van der Waals surface area (Å²) in [4.78, 5) is 33.2. The Balaban J connectivity index is 3.25. The van der Waals surface area contributed by atoms with E-state index in [1.54, 1.807) is 0 Å². The Kier molecular flexibility index (Phi) is 2.83. The van der Waals surface area contributed by atoms with Crippen molar-refractivity contribution >= 4 is 11.6 Å². The number of pyridine rings is 1. The van der Waals surface area contributed by atoms with Crippen LogP contribution in [0.1, 0.15) is 5.56 Å². The third-order valence-electron chi connectivity index (χ3n) is 1.42. The summed E-state index contributed by atoms with van der Waals surface area (Å²) in [5.41, 5.74) is 3.62. The lowest BCUT2D eigenvalue weighted by atomic mass is 10.2. The summed E-state index contributed by atoms with van der Waals surface area (Å²) in [5, 5.41) is 10.3. The fourth-order valence-electron chi connectivity index (χ4n) is 0.800. The third-order valence-corrected chi connectivity index (χ3v) is 1.42. The molecule has 1 heterocycles. The first-order chi connectivity index (χ1) is 7.00. The maximum absolute atomic E-state index is 11.1. The molecular formula is C8H5N3O4. The standard InChI is InChI=1S/C8H5N3O4/c9-7(12)2-1-5-3-6(11(14)15)4-10-8(5)13/h3-4H,(H2,9,12)(H,10,13). The summed E-state index contributed by atoms with van der Waals surface area (Å²) in [6, 6.07) is 0.967. The molecule has 1 aromatic heterocycles. The topological polar surface area (TPSA) is 119 Å². The van der Waals surface area contributed by atoms with Crippen molar-refractivity contribution in [2.24, 2.45) is 5.73 Å². The summed E-state index contributed by atoms with van der Waals surface area (Å²) in [7, 11) is 0. The number of amides is 1. The van der Waals surface area contributed by atoms with Crippen LogP contribution in [-0.4, -0.2) is 15.8 Å². The minimum Gasteiger partial charge on any atom is -0.359 e. The zero-order valence-corrected chi connectivity index (χ0v) is 7.31. The maximum Gasteiger partial charge on any atom is 0.293 e. The predicted octanol–water partition coefficient (Wildman–Crippen LogP) is -0.880. The number of aromatic nitrogens is 1. The first-order valence-electron chi connectivity index (χ1n) is 3.69. The number of nitrogens with two attached hydrogens (primary N) is 1. The molecule has 0 aliphatic rings. The molecule has 0 fully saturated rings. The molecule has 7 heteroatoms. The van der Waals surface area contributed by atoms with Gasteiger partial charge in [0, 0.05) is 12.0 Å². The minimum atomic E-state index is -0.916. The van der Waals surface area contributed by atoms with Crippen molar-refractivity contribution in [1.29, 1.82) is 0 Å². The largest absolute Gasteiger partial charge is 0.359 e. The summed E-state index contributed by atoms with van der Waals surface area (Å²) in [6.45, 7) is 0. The Morgan fingerprint density at radius 2 is 2.27 bits per heavy atom. The van der Waals surface area contributed by atoms with Crippen LogP contribution >= 0.6 is 0 Å². The van der Waals surface area contributed by atoms with E-state index >= 15 is 0 Å². The highest BCUT2D eigenvalue weighted by Gasteiger charge is 2.07. The smallest absolute Gasteiger partial charge is 0.293 e. The Morgan fingerprint density at radius 3 is 2.80 bits per heavy atom. The van der Waals surface area contributed by atoms with Crippen LogP contribution in [0.2, 0.25) is 0 Å². The van der Waals surface area contributed by atoms with Gasteiger partial charge in [0.15, 0.2) is 0 Å². The number of hydrogen-bond acceptors (Lipinski definition) is 4. The minimum absolute atomic E-state index is 0.178. The average molecular weight is 207 g/mol. The van der Waals surface area contributed by atoms with Gasteiger partial charge in [0.2, 0.25) is 0 Å². The number of rotatable bonds is 1. The molecule has 0 unspecified atom stereocenters. The Morgan fingerprint density at radius 1 is 1.60 bits per heavy atom. The number of carbonyl (C=O) groups is 1. The van der Waals surface area contributed by atoms with Crippen LogP contribution in [-0.2, 0) is 4.79 Å². The summed E-state index contributed by atoms with van der Waals surface area (Å²) in [6.07, 6.45) is 0.942. The van der Waals surface area contributed by atoms with Crippen molar-refractivity contribution in [3.8, 4) is 11.8 Å². The second-order valence-corrected chi connectivity index (χ2v) is 2.47. The first-order valence-corrected chi connectivity index (χ1v) is 3.69. The zero-order valence-electron chi connectivity index (χ0n) is 7.31. The van der Waals surface area contributed by atoms with Gasteiger partial charge in [-0.3, -0.25) is 19.7 Å². The van der Waals surface area contributed by atoms with Gasteiger partial charge in [-0.25, -0.2) is 0 Å². The number of nitrogens with one attached hydrogen (secondary N) is 1. The van der Waals surface area contributed by atoms with Gasteiger partial charge in [-0.05, 0) is 0 Å². The van der Waals surface area contributed by atoms with Gasteiger partial charge < -0.3 is 10.7 Å². The van der Waals surface area contributed by atoms with E-state index in [9.17, 15) is 19.7 Å². The zero-order chi connectivity index (χ0) is 11.4. The molecule has 0 aliphatic carbocycles. The van der Waals surface area contributed by atoms with Crippen LogP contribution < -0.4 is 11.3 Å². The van der Waals surface area contributed by atoms with Gasteiger partial charge in [0.05, 0.1) is 16.7 Å². The number of nitro groups is 1. The van der Waals surface area contributed by atoms with Crippen LogP contribution in [0.25, 0.3) is 0 Å². The van der Waals surface area contributed by atoms with E-state index < -0.39 is 16.4 Å². The lowest BCUT2D eigenvalue weighted by Gasteiger charge is -1.90. The Labute approximate surface area is 83.1 Å². The molecular weight excluding hydrogens is 202 g/mol. The quantitative estimate of drug-likeness (QED) is 0.353. The average Bonchev–Trinajstić information content (AvgIpc) is 2.16. The molecule has 0 aliphatic heterocycles. The number of primary amides is 1. The van der Waals surface area contributed by atoms with E-state index in [0.717, 1.165) is 12.3 Å². The van der Waals surface area contributed by atoms with E-state index in [0.29, 0.717) is 0 Å². The number of H-pyrrole nitrogens is 1. The van der Waals surface area contributed by atoms with Crippen molar-refractivity contribution in [2.45, 2.75) is 0 Å². The van der Waals surface area contributed by atoms with Gasteiger partial charge in [0.1, 0.15) is 0 Å². The lowest BCUT2D eigenvalue weighted by molar-refractivity contribution is -0.385. The molecule has 15 heavy (non-hydrogen) atoms. The summed E-state index contributed by atoms with van der Waals surface area (Å²) < 4.78 is 0. The van der Waals surface area contributed by atoms with E-state index in [4.69, 9.17) is 5.73 Å². The number of nitrogens with zero attached hydrogens (tertiary/aromatic N) is 1. The molecule has 3 N–H and O–H groups in total. The molecule has 1 aromatic rings. The van der Waals surface area contributed by atoms with E-state index in [-0.39, 0.29) is 11.3 Å². The third kappa shape index (κ3) is 2.67. The van der Waals surface area contributed by atoms with Crippen molar-refractivity contribution in [2.75, 3.05) is 0 Å². The molecule has 0 saturated heterocycles. The highest BCUT2D eigenvalue weighted by atomic mass is 16.6. The van der Waals surface area contributed by atoms with Gasteiger partial charge in [-0.15, -0.1) is 0 Å². The molecule has 7 nitrogen and oxygen atoms in total. The SMILES string of the molecule is NC(=O)C#Cc1cc([N+](=O)[O-])c[nH]c1=O. The molecule has 0 spiro atoms. The Bertz CT molecular complexity index is 535. The monoisotopic (exact) mass is 207 g/mol. The molecule has 0 aromatic carbocycles. The first kappa shape index (κ1) is 10.5. The van der Waals surface area contributed by atoms with Crippen molar-refractivity contribution < 1.29 is 9.72 Å². The van der Waals surface area contributed by atoms with Gasteiger partial charge >= 0.3 is 0 Å². The summed E-state index contributed by atoms with van der Waals surface area (Å²) in [5.74, 6) is 3.13. The normalized spacial score (nSPS) is 8.80. The molecule has 0 saturated carbocycles. The lowest BCUT2D eigenvalue weighted by Crippen LogP contribution is -2.11. The molecule has 1 rings (SSSR count). The highest BCUT2D eigenvalue weighted by Crippen LogP contribution is 2.06. The molecule has 76 valence electrons. The van der Waals surface area contributed by atoms with Crippen LogP contribution in [0, 0.1) is 22.0 Å². The van der Waals surface area contributed by atoms with Crippen molar-refractivity contribution in [3.63, 3.8) is 0 Å². The van der Waals surface area contributed by atoms with Gasteiger partial charge in [-0.1, -0.05) is 5.92 Å². The van der Waals surface area contributed by atoms with Crippen molar-refractivity contribution in [1.82, 2.24) is 4.98 Å². The van der Waals surface area contributed by atoms with Crippen LogP contribution in [0.3, 0.4) is 0 Å². The van der Waals surface area contributed by atoms with Crippen LogP contribution in [0.4, 0.5) is 5.69 Å². The van der Waals surface area contributed by atoms with E-state index in [1.807, 2.05) is 5.92 Å². The maximum atomic E-state index is 11.1. The summed E-state index contributed by atoms with van der Waals surface area (Å²) >= 11 is 0. The molecule has 0 bridgehead atoms. The van der Waals surface area contributed by atoms with E-state index in [1.165, 1.54) is 0 Å². The number of aromatic amines is 1. The predicted molar refractivity (Wildman–Crippen MR) is 49.8 cm³/mol. The second kappa shape index (κ2) is 4.06. The molecule has 1 amide bonds. The molecule has 0 atom stereocenters. The van der Waals surface area contributed by atoms with Crippen LogP contribution in [0.15, 0.2) is 17.1 Å². The van der Waals surface area contributed by atoms with Crippen LogP contribution in [0.5, 0.6) is 0 Å². The van der Waals surface area contributed by atoms with Crippen molar-refractivity contribution in [3.05, 3.63) is 38.3 Å².